The van der Waals surface area contributed by atoms with Gasteiger partial charge in [-0.25, -0.2) is 4.79 Å². The Morgan fingerprint density at radius 1 is 1.30 bits per heavy atom. The molecule has 2 aliphatic rings. The van der Waals surface area contributed by atoms with Crippen molar-refractivity contribution in [2.45, 2.75) is 63.4 Å². The number of carbonyl (C=O) groups is 1. The number of rotatable bonds is 2. The molecule has 2 fully saturated rings. The summed E-state index contributed by atoms with van der Waals surface area (Å²) >= 11 is 0. The lowest BCUT2D eigenvalue weighted by molar-refractivity contribution is -0.191. The molecule has 0 radical (unpaired) electrons. The molecule has 1 atom stereocenters. The van der Waals surface area contributed by atoms with E-state index >= 15 is 0 Å². The van der Waals surface area contributed by atoms with Crippen LogP contribution in [0, 0.1) is 0 Å². The predicted octanol–water partition coefficient (Wildman–Crippen LogP) is 1.53. The van der Waals surface area contributed by atoms with Gasteiger partial charge in [0, 0.05) is 19.4 Å². The van der Waals surface area contributed by atoms with Crippen molar-refractivity contribution >= 4 is 6.09 Å². The maximum Gasteiger partial charge on any atom is 0.408 e. The molecule has 0 aromatic rings. The smallest absolute Gasteiger partial charge is 0.408 e. The van der Waals surface area contributed by atoms with Gasteiger partial charge in [-0.15, -0.1) is 0 Å². The summed E-state index contributed by atoms with van der Waals surface area (Å²) in [5, 5.41) is 2.94. The van der Waals surface area contributed by atoms with E-state index in [2.05, 4.69) is 5.32 Å². The summed E-state index contributed by atoms with van der Waals surface area (Å²) in [7, 11) is 0. The van der Waals surface area contributed by atoms with Gasteiger partial charge >= 0.3 is 6.09 Å². The lowest BCUT2D eigenvalue weighted by Gasteiger charge is -2.44. The van der Waals surface area contributed by atoms with Crippen LogP contribution in [0.3, 0.4) is 0 Å². The Bertz CT molecular complexity index is 361. The first-order valence-corrected chi connectivity index (χ1v) is 7.27. The number of nitrogens with one attached hydrogen (secondary N) is 1. The molecule has 1 spiro atoms. The van der Waals surface area contributed by atoms with Crippen molar-refractivity contribution in [3.8, 4) is 0 Å². The molecular weight excluding hydrogens is 260 g/mol. The highest BCUT2D eigenvalue weighted by Gasteiger charge is 2.49. The largest absolute Gasteiger partial charge is 0.444 e. The topological polar surface area (TPSA) is 82.8 Å². The van der Waals surface area contributed by atoms with Crippen molar-refractivity contribution in [1.29, 1.82) is 0 Å². The van der Waals surface area contributed by atoms with Gasteiger partial charge < -0.3 is 25.3 Å². The van der Waals surface area contributed by atoms with Crippen LogP contribution in [0.5, 0.6) is 0 Å². The van der Waals surface area contributed by atoms with Crippen LogP contribution >= 0.6 is 0 Å². The van der Waals surface area contributed by atoms with Gasteiger partial charge in [0.05, 0.1) is 18.8 Å². The van der Waals surface area contributed by atoms with E-state index in [9.17, 15) is 4.79 Å². The van der Waals surface area contributed by atoms with E-state index in [1.807, 2.05) is 20.8 Å². The number of alkyl carbamates (subject to hydrolysis) is 1. The molecule has 1 aliphatic heterocycles. The molecule has 2 rings (SSSR count). The van der Waals surface area contributed by atoms with Crippen LogP contribution in [0.4, 0.5) is 4.79 Å². The monoisotopic (exact) mass is 286 g/mol. The average Bonchev–Trinajstić information content (AvgIpc) is 2.74. The molecule has 0 aromatic heterocycles. The minimum absolute atomic E-state index is 0.348. The Hall–Kier alpha value is -0.850. The molecule has 6 nitrogen and oxygen atoms in total. The van der Waals surface area contributed by atoms with Crippen molar-refractivity contribution < 1.29 is 19.0 Å². The second kappa shape index (κ2) is 5.50. The lowest BCUT2D eigenvalue weighted by atomic mass is 9.78. The van der Waals surface area contributed by atoms with Crippen LogP contribution < -0.4 is 11.1 Å². The predicted molar refractivity (Wildman–Crippen MR) is 74.3 cm³/mol. The summed E-state index contributed by atoms with van der Waals surface area (Å²) in [6.07, 6.45) is 2.73. The molecule has 1 aliphatic carbocycles. The second-order valence-corrected chi connectivity index (χ2v) is 6.75. The molecule has 116 valence electrons. The van der Waals surface area contributed by atoms with Gasteiger partial charge in [-0.1, -0.05) is 0 Å². The highest BCUT2D eigenvalue weighted by Crippen LogP contribution is 2.40. The maximum absolute atomic E-state index is 12.0. The number of hydrogen-bond donors (Lipinski definition) is 2. The van der Waals surface area contributed by atoms with E-state index in [4.69, 9.17) is 19.9 Å². The van der Waals surface area contributed by atoms with Gasteiger partial charge in [0.15, 0.2) is 5.79 Å². The quantitative estimate of drug-likeness (QED) is 0.804. The zero-order valence-corrected chi connectivity index (χ0v) is 12.7. The standard InChI is InChI=1S/C14H26N2O4/c1-12(2,3)20-11(17)16-13(10-15)5-4-6-14(9-13)18-7-8-19-14/h4-10,15H2,1-3H3,(H,16,17). The molecule has 0 aromatic carbocycles. The van der Waals surface area contributed by atoms with E-state index in [0.717, 1.165) is 19.3 Å². The second-order valence-electron chi connectivity index (χ2n) is 6.75. The summed E-state index contributed by atoms with van der Waals surface area (Å²) < 4.78 is 16.8. The van der Waals surface area contributed by atoms with E-state index < -0.39 is 23.0 Å². The summed E-state index contributed by atoms with van der Waals surface area (Å²) in [5.41, 5.74) is 4.89. The number of carbonyl (C=O) groups excluding carboxylic acids is 1. The van der Waals surface area contributed by atoms with Crippen LogP contribution in [0.15, 0.2) is 0 Å². The van der Waals surface area contributed by atoms with Crippen molar-refractivity contribution in [3.05, 3.63) is 0 Å². The van der Waals surface area contributed by atoms with Crippen molar-refractivity contribution in [1.82, 2.24) is 5.32 Å². The molecular formula is C14H26N2O4. The fourth-order valence-electron chi connectivity index (χ4n) is 2.98. The molecule has 1 amide bonds. The van der Waals surface area contributed by atoms with Crippen LogP contribution in [-0.2, 0) is 14.2 Å². The van der Waals surface area contributed by atoms with Gasteiger partial charge in [-0.3, -0.25) is 0 Å². The Morgan fingerprint density at radius 2 is 1.95 bits per heavy atom. The maximum atomic E-state index is 12.0. The Morgan fingerprint density at radius 3 is 2.50 bits per heavy atom. The molecule has 0 bridgehead atoms. The summed E-state index contributed by atoms with van der Waals surface area (Å²) in [4.78, 5) is 12.0. The van der Waals surface area contributed by atoms with Crippen LogP contribution in [0.25, 0.3) is 0 Å². The first-order valence-electron chi connectivity index (χ1n) is 7.27. The normalized spacial score (nSPS) is 29.4. The van der Waals surface area contributed by atoms with Gasteiger partial charge in [0.1, 0.15) is 5.60 Å². The van der Waals surface area contributed by atoms with Gasteiger partial charge in [-0.2, -0.15) is 0 Å². The molecule has 1 saturated carbocycles. The Kier molecular flexibility index (Phi) is 4.27. The minimum Gasteiger partial charge on any atom is -0.444 e. The lowest BCUT2D eigenvalue weighted by Crippen LogP contribution is -2.60. The first-order chi connectivity index (χ1) is 9.28. The molecule has 20 heavy (non-hydrogen) atoms. The van der Waals surface area contributed by atoms with E-state index in [-0.39, 0.29) is 0 Å². The zero-order chi connectivity index (χ0) is 14.9. The fourth-order valence-corrected chi connectivity index (χ4v) is 2.98. The number of amides is 1. The highest BCUT2D eigenvalue weighted by atomic mass is 16.7. The van der Waals surface area contributed by atoms with Gasteiger partial charge in [-0.05, 0) is 33.6 Å². The summed E-state index contributed by atoms with van der Waals surface area (Å²) in [6, 6.07) is 0. The Labute approximate surface area is 120 Å². The number of nitrogens with two attached hydrogens (primary N) is 1. The molecule has 1 heterocycles. The van der Waals surface area contributed by atoms with E-state index in [1.54, 1.807) is 0 Å². The molecule has 6 heteroatoms. The average molecular weight is 286 g/mol. The number of ether oxygens (including phenoxy) is 3. The summed E-state index contributed by atoms with van der Waals surface area (Å²) in [6.45, 7) is 7.08. The number of hydrogen-bond acceptors (Lipinski definition) is 5. The third-order valence-electron chi connectivity index (χ3n) is 3.79. The van der Waals surface area contributed by atoms with Crippen LogP contribution in [-0.4, -0.2) is 42.8 Å². The van der Waals surface area contributed by atoms with Gasteiger partial charge in [0.2, 0.25) is 0 Å². The molecule has 1 saturated heterocycles. The van der Waals surface area contributed by atoms with Gasteiger partial charge in [0.25, 0.3) is 0 Å². The molecule has 1 unspecified atom stereocenters. The van der Waals surface area contributed by atoms with Crippen LogP contribution in [0.1, 0.15) is 46.5 Å². The van der Waals surface area contributed by atoms with E-state index in [0.29, 0.717) is 26.2 Å². The molecule has 3 N–H and O–H groups in total. The van der Waals surface area contributed by atoms with Crippen molar-refractivity contribution in [2.24, 2.45) is 5.73 Å². The summed E-state index contributed by atoms with van der Waals surface area (Å²) in [5.74, 6) is -0.577. The third-order valence-corrected chi connectivity index (χ3v) is 3.79. The Balaban J connectivity index is 2.03. The van der Waals surface area contributed by atoms with E-state index in [1.165, 1.54) is 0 Å². The fraction of sp³-hybridized carbons (Fsp3) is 0.929. The van der Waals surface area contributed by atoms with Crippen molar-refractivity contribution in [3.63, 3.8) is 0 Å². The highest BCUT2D eigenvalue weighted by molar-refractivity contribution is 5.69. The van der Waals surface area contributed by atoms with Crippen LogP contribution in [0.2, 0.25) is 0 Å². The first kappa shape index (κ1) is 15.5. The third kappa shape index (κ3) is 3.62. The SMILES string of the molecule is CC(C)(C)OC(=O)NC1(CN)CCCC2(C1)OCCO2. The minimum atomic E-state index is -0.577. The zero-order valence-electron chi connectivity index (χ0n) is 12.7. The van der Waals surface area contributed by atoms with Crippen molar-refractivity contribution in [2.75, 3.05) is 19.8 Å².